The molecule has 1 aromatic heterocycles. The Morgan fingerprint density at radius 2 is 2.15 bits per heavy atom. The monoisotopic (exact) mass is 198 g/mol. The molecule has 13 heavy (non-hydrogen) atoms. The second-order valence-electron chi connectivity index (χ2n) is 3.46. The molecule has 1 saturated heterocycles. The molecule has 0 radical (unpaired) electrons. The Bertz CT molecular complexity index is 307. The van der Waals surface area contributed by atoms with E-state index in [4.69, 9.17) is 9.47 Å². The van der Waals surface area contributed by atoms with Crippen LogP contribution in [0, 0.1) is 0 Å². The van der Waals surface area contributed by atoms with Gasteiger partial charge in [0.05, 0.1) is 13.2 Å². The summed E-state index contributed by atoms with van der Waals surface area (Å²) in [6.07, 6.45) is 2.74. The lowest BCUT2D eigenvalue weighted by atomic mass is 10.3. The molecule has 1 aliphatic carbocycles. The predicted octanol–water partition coefficient (Wildman–Crippen LogP) is 1.19. The second kappa shape index (κ2) is 2.92. The van der Waals surface area contributed by atoms with E-state index >= 15 is 0 Å². The minimum atomic E-state index is 0.208. The summed E-state index contributed by atoms with van der Waals surface area (Å²) < 4.78 is 10.5. The standard InChI is InChI=1S/C8H10N2O2S/c1-2-5(1)7-9-10-8(13-7)12-6-3-11-4-6/h5-6H,1-4H2. The summed E-state index contributed by atoms with van der Waals surface area (Å²) in [4.78, 5) is 0. The van der Waals surface area contributed by atoms with E-state index < -0.39 is 0 Å². The molecule has 1 saturated carbocycles. The molecule has 5 heteroatoms. The Morgan fingerprint density at radius 3 is 2.77 bits per heavy atom. The second-order valence-corrected chi connectivity index (χ2v) is 4.43. The van der Waals surface area contributed by atoms with Gasteiger partial charge in [0, 0.05) is 5.92 Å². The van der Waals surface area contributed by atoms with Crippen molar-refractivity contribution in [1.82, 2.24) is 10.2 Å². The van der Waals surface area contributed by atoms with Gasteiger partial charge in [0.15, 0.2) is 0 Å². The van der Waals surface area contributed by atoms with E-state index in [0.29, 0.717) is 24.3 Å². The van der Waals surface area contributed by atoms with Crippen LogP contribution in [0.1, 0.15) is 23.8 Å². The van der Waals surface area contributed by atoms with Crippen molar-refractivity contribution in [3.8, 4) is 5.19 Å². The van der Waals surface area contributed by atoms with Crippen molar-refractivity contribution < 1.29 is 9.47 Å². The lowest BCUT2D eigenvalue weighted by Gasteiger charge is -2.24. The van der Waals surface area contributed by atoms with Gasteiger partial charge in [0.2, 0.25) is 0 Å². The van der Waals surface area contributed by atoms with Crippen LogP contribution in [0.2, 0.25) is 0 Å². The Morgan fingerprint density at radius 1 is 1.31 bits per heavy atom. The van der Waals surface area contributed by atoms with Gasteiger partial charge in [-0.2, -0.15) is 0 Å². The fraction of sp³-hybridized carbons (Fsp3) is 0.750. The number of hydrogen-bond acceptors (Lipinski definition) is 5. The summed E-state index contributed by atoms with van der Waals surface area (Å²) >= 11 is 1.58. The molecule has 2 fully saturated rings. The van der Waals surface area contributed by atoms with Gasteiger partial charge in [-0.3, -0.25) is 0 Å². The summed E-state index contributed by atoms with van der Waals surface area (Å²) in [6, 6.07) is 0. The highest BCUT2D eigenvalue weighted by Crippen LogP contribution is 2.42. The van der Waals surface area contributed by atoms with Crippen LogP contribution in [0.4, 0.5) is 0 Å². The quantitative estimate of drug-likeness (QED) is 0.732. The van der Waals surface area contributed by atoms with E-state index in [9.17, 15) is 0 Å². The fourth-order valence-corrected chi connectivity index (χ4v) is 2.12. The van der Waals surface area contributed by atoms with Crippen LogP contribution in [0.3, 0.4) is 0 Å². The maximum atomic E-state index is 5.53. The highest BCUT2D eigenvalue weighted by molar-refractivity contribution is 7.13. The average Bonchev–Trinajstić information content (AvgIpc) is 2.80. The first-order valence-corrected chi connectivity index (χ1v) is 5.31. The van der Waals surface area contributed by atoms with E-state index in [1.54, 1.807) is 11.3 Å². The van der Waals surface area contributed by atoms with Crippen molar-refractivity contribution in [3.63, 3.8) is 0 Å². The third-order valence-electron chi connectivity index (χ3n) is 2.22. The van der Waals surface area contributed by atoms with Crippen LogP contribution < -0.4 is 4.74 Å². The molecule has 1 aliphatic heterocycles. The maximum Gasteiger partial charge on any atom is 0.294 e. The maximum absolute atomic E-state index is 5.53. The molecule has 1 aromatic rings. The molecule has 0 atom stereocenters. The van der Waals surface area contributed by atoms with Crippen molar-refractivity contribution in [2.24, 2.45) is 0 Å². The number of ether oxygens (including phenoxy) is 2. The van der Waals surface area contributed by atoms with Gasteiger partial charge in [0.25, 0.3) is 5.19 Å². The largest absolute Gasteiger partial charge is 0.461 e. The number of nitrogens with zero attached hydrogens (tertiary/aromatic N) is 2. The lowest BCUT2D eigenvalue weighted by molar-refractivity contribution is -0.0799. The van der Waals surface area contributed by atoms with E-state index in [-0.39, 0.29) is 6.10 Å². The molecular formula is C8H10N2O2S. The zero-order valence-corrected chi connectivity index (χ0v) is 7.92. The summed E-state index contributed by atoms with van der Waals surface area (Å²) in [7, 11) is 0. The molecule has 0 bridgehead atoms. The molecule has 2 aliphatic rings. The van der Waals surface area contributed by atoms with Crippen molar-refractivity contribution in [2.75, 3.05) is 13.2 Å². The first-order valence-electron chi connectivity index (χ1n) is 4.49. The fourth-order valence-electron chi connectivity index (χ4n) is 1.19. The van der Waals surface area contributed by atoms with Gasteiger partial charge in [-0.25, -0.2) is 0 Å². The minimum Gasteiger partial charge on any atom is -0.461 e. The zero-order chi connectivity index (χ0) is 8.67. The summed E-state index contributed by atoms with van der Waals surface area (Å²) in [5.74, 6) is 0.674. The van der Waals surface area contributed by atoms with Crippen LogP contribution >= 0.6 is 11.3 Å². The smallest absolute Gasteiger partial charge is 0.294 e. The normalized spacial score (nSPS) is 22.8. The van der Waals surface area contributed by atoms with Crippen molar-refractivity contribution in [3.05, 3.63) is 5.01 Å². The molecule has 0 N–H and O–H groups in total. The Kier molecular flexibility index (Phi) is 1.73. The first kappa shape index (κ1) is 7.70. The van der Waals surface area contributed by atoms with E-state index in [1.165, 1.54) is 12.8 Å². The van der Waals surface area contributed by atoms with Gasteiger partial charge in [-0.05, 0) is 12.8 Å². The summed E-state index contributed by atoms with van der Waals surface area (Å²) in [5, 5.41) is 9.92. The molecule has 0 spiro atoms. The van der Waals surface area contributed by atoms with Gasteiger partial charge >= 0.3 is 0 Å². The van der Waals surface area contributed by atoms with Gasteiger partial charge in [0.1, 0.15) is 11.1 Å². The predicted molar refractivity (Wildman–Crippen MR) is 47.1 cm³/mol. The number of hydrogen-bond donors (Lipinski definition) is 0. The van der Waals surface area contributed by atoms with E-state index in [1.807, 2.05) is 0 Å². The minimum absolute atomic E-state index is 0.208. The summed E-state index contributed by atoms with van der Waals surface area (Å²) in [6.45, 7) is 1.39. The lowest BCUT2D eigenvalue weighted by Crippen LogP contribution is -2.38. The SMILES string of the molecule is C1OCC1Oc1nnc(C2CC2)s1. The van der Waals surface area contributed by atoms with Crippen LogP contribution in [0.5, 0.6) is 5.19 Å². The van der Waals surface area contributed by atoms with E-state index in [0.717, 1.165) is 5.01 Å². The molecule has 3 rings (SSSR count). The van der Waals surface area contributed by atoms with E-state index in [2.05, 4.69) is 10.2 Å². The first-order chi connectivity index (χ1) is 6.42. The van der Waals surface area contributed by atoms with Gasteiger partial charge < -0.3 is 9.47 Å². The van der Waals surface area contributed by atoms with Crippen LogP contribution in [0.15, 0.2) is 0 Å². The van der Waals surface area contributed by atoms with Crippen LogP contribution in [0.25, 0.3) is 0 Å². The third kappa shape index (κ3) is 1.53. The Hall–Kier alpha value is -0.680. The van der Waals surface area contributed by atoms with Crippen molar-refractivity contribution in [2.45, 2.75) is 24.9 Å². The van der Waals surface area contributed by atoms with Gasteiger partial charge in [-0.15, -0.1) is 10.2 Å². The highest BCUT2D eigenvalue weighted by Gasteiger charge is 2.29. The molecule has 70 valence electrons. The molecule has 0 amide bonds. The molecule has 4 nitrogen and oxygen atoms in total. The van der Waals surface area contributed by atoms with Crippen LogP contribution in [-0.2, 0) is 4.74 Å². The topological polar surface area (TPSA) is 44.2 Å². The highest BCUT2D eigenvalue weighted by atomic mass is 32.1. The molecule has 2 heterocycles. The summed E-state index contributed by atoms with van der Waals surface area (Å²) in [5.41, 5.74) is 0. The van der Waals surface area contributed by atoms with Crippen molar-refractivity contribution in [1.29, 1.82) is 0 Å². The number of rotatable bonds is 3. The molecule has 0 aromatic carbocycles. The zero-order valence-electron chi connectivity index (χ0n) is 7.10. The molecule has 0 unspecified atom stereocenters. The third-order valence-corrected chi connectivity index (χ3v) is 3.20. The van der Waals surface area contributed by atoms with Gasteiger partial charge in [-0.1, -0.05) is 11.3 Å². The van der Waals surface area contributed by atoms with Crippen molar-refractivity contribution >= 4 is 11.3 Å². The average molecular weight is 198 g/mol. The number of aromatic nitrogens is 2. The Labute approximate surface area is 79.9 Å². The van der Waals surface area contributed by atoms with Crippen LogP contribution in [-0.4, -0.2) is 29.5 Å². The Balaban J connectivity index is 1.66. The molecular weight excluding hydrogens is 188 g/mol.